The number of hydrogen-bond donors (Lipinski definition) is 2. The lowest BCUT2D eigenvalue weighted by molar-refractivity contribution is 0.282. The van der Waals surface area contributed by atoms with E-state index in [1.807, 2.05) is 12.1 Å². The molecule has 0 unspecified atom stereocenters. The number of anilines is 1. The van der Waals surface area contributed by atoms with Crippen molar-refractivity contribution >= 4 is 17.3 Å². The molecular formula is C14H12ClF2NO. The summed E-state index contributed by atoms with van der Waals surface area (Å²) in [7, 11) is 0. The van der Waals surface area contributed by atoms with Gasteiger partial charge in [-0.1, -0.05) is 35.9 Å². The van der Waals surface area contributed by atoms with E-state index in [1.165, 1.54) is 0 Å². The van der Waals surface area contributed by atoms with E-state index in [2.05, 4.69) is 5.32 Å². The molecule has 2 aromatic carbocycles. The van der Waals surface area contributed by atoms with Crippen LogP contribution in [-0.2, 0) is 13.2 Å². The third-order valence-electron chi connectivity index (χ3n) is 2.68. The van der Waals surface area contributed by atoms with Crippen LogP contribution in [0.1, 0.15) is 11.1 Å². The molecule has 0 bridgehead atoms. The van der Waals surface area contributed by atoms with Gasteiger partial charge in [0.2, 0.25) is 0 Å². The molecule has 0 heterocycles. The zero-order valence-electron chi connectivity index (χ0n) is 9.96. The van der Waals surface area contributed by atoms with Gasteiger partial charge >= 0.3 is 0 Å². The average Bonchev–Trinajstić information content (AvgIpc) is 2.38. The number of rotatable bonds is 4. The Kier molecular flexibility index (Phi) is 4.35. The molecule has 2 aromatic rings. The molecule has 0 fully saturated rings. The van der Waals surface area contributed by atoms with E-state index in [9.17, 15) is 8.78 Å². The maximum Gasteiger partial charge on any atom is 0.150 e. The average molecular weight is 284 g/mol. The number of aliphatic hydroxyl groups is 1. The molecule has 0 amide bonds. The lowest BCUT2D eigenvalue weighted by Crippen LogP contribution is -2.03. The number of aliphatic hydroxyl groups excluding tert-OH is 1. The smallest absolute Gasteiger partial charge is 0.150 e. The summed E-state index contributed by atoms with van der Waals surface area (Å²) in [6, 6.07) is 9.02. The third kappa shape index (κ3) is 3.43. The minimum atomic E-state index is -0.725. The van der Waals surface area contributed by atoms with Gasteiger partial charge in [0.15, 0.2) is 5.82 Å². The van der Waals surface area contributed by atoms with Gasteiger partial charge in [0.1, 0.15) is 5.82 Å². The Morgan fingerprint density at radius 2 is 1.68 bits per heavy atom. The van der Waals surface area contributed by atoms with Gasteiger partial charge in [-0.3, -0.25) is 0 Å². The summed E-state index contributed by atoms with van der Waals surface area (Å²) < 4.78 is 26.4. The first-order valence-electron chi connectivity index (χ1n) is 5.67. The Morgan fingerprint density at radius 1 is 1.05 bits per heavy atom. The Hall–Kier alpha value is -1.65. The number of benzene rings is 2. The van der Waals surface area contributed by atoms with Crippen LogP contribution in [-0.4, -0.2) is 5.11 Å². The van der Waals surface area contributed by atoms with Gasteiger partial charge in [-0.05, 0) is 17.2 Å². The zero-order chi connectivity index (χ0) is 13.8. The summed E-state index contributed by atoms with van der Waals surface area (Å²) in [5.74, 6) is -1.43. The summed E-state index contributed by atoms with van der Waals surface area (Å²) in [4.78, 5) is 0. The molecule has 0 spiro atoms. The topological polar surface area (TPSA) is 32.3 Å². The van der Waals surface area contributed by atoms with Crippen molar-refractivity contribution in [2.75, 3.05) is 5.32 Å². The van der Waals surface area contributed by atoms with Crippen molar-refractivity contribution in [3.63, 3.8) is 0 Å². The highest BCUT2D eigenvalue weighted by molar-refractivity contribution is 6.33. The maximum atomic E-state index is 13.5. The lowest BCUT2D eigenvalue weighted by atomic mass is 10.1. The predicted octanol–water partition coefficient (Wildman–Crippen LogP) is 3.72. The zero-order valence-corrected chi connectivity index (χ0v) is 10.7. The lowest BCUT2D eigenvalue weighted by Gasteiger charge is -2.10. The highest BCUT2D eigenvalue weighted by atomic mass is 35.5. The fourth-order valence-electron chi connectivity index (χ4n) is 1.66. The number of halogens is 3. The molecule has 2 N–H and O–H groups in total. The van der Waals surface area contributed by atoms with Gasteiger partial charge in [-0.15, -0.1) is 0 Å². The van der Waals surface area contributed by atoms with E-state index < -0.39 is 11.6 Å². The summed E-state index contributed by atoms with van der Waals surface area (Å²) in [6.07, 6.45) is 0. The van der Waals surface area contributed by atoms with Crippen molar-refractivity contribution in [2.45, 2.75) is 13.2 Å². The standard InChI is InChI=1S/C14H12ClF2NO/c15-12-5-11(16)6-13(17)14(12)18-7-9-1-3-10(8-19)4-2-9/h1-6,18-19H,7-8H2. The Bertz CT molecular complexity index is 549. The fourth-order valence-corrected chi connectivity index (χ4v) is 1.93. The molecule has 0 aromatic heterocycles. The van der Waals surface area contributed by atoms with E-state index in [0.29, 0.717) is 6.54 Å². The molecule has 100 valence electrons. The molecule has 0 saturated carbocycles. The normalized spacial score (nSPS) is 10.5. The van der Waals surface area contributed by atoms with Crippen molar-refractivity contribution in [1.82, 2.24) is 0 Å². The predicted molar refractivity (Wildman–Crippen MR) is 71.1 cm³/mol. The van der Waals surface area contributed by atoms with Crippen LogP contribution in [0.15, 0.2) is 36.4 Å². The van der Waals surface area contributed by atoms with Crippen LogP contribution in [0, 0.1) is 11.6 Å². The molecule has 0 atom stereocenters. The minimum Gasteiger partial charge on any atom is -0.392 e. The fraction of sp³-hybridized carbons (Fsp3) is 0.143. The Balaban J connectivity index is 2.10. The Morgan fingerprint density at radius 3 is 2.26 bits per heavy atom. The van der Waals surface area contributed by atoms with Crippen molar-refractivity contribution in [3.8, 4) is 0 Å². The first kappa shape index (κ1) is 13.8. The second-order valence-electron chi connectivity index (χ2n) is 4.07. The van der Waals surface area contributed by atoms with Crippen LogP contribution >= 0.6 is 11.6 Å². The van der Waals surface area contributed by atoms with Crippen LogP contribution in [0.25, 0.3) is 0 Å². The third-order valence-corrected chi connectivity index (χ3v) is 2.98. The van der Waals surface area contributed by atoms with Gasteiger partial charge in [0.05, 0.1) is 17.3 Å². The molecule has 5 heteroatoms. The maximum absolute atomic E-state index is 13.5. The molecule has 0 aliphatic carbocycles. The van der Waals surface area contributed by atoms with Gasteiger partial charge in [0.25, 0.3) is 0 Å². The highest BCUT2D eigenvalue weighted by Gasteiger charge is 2.09. The van der Waals surface area contributed by atoms with E-state index in [0.717, 1.165) is 23.3 Å². The molecule has 0 aliphatic heterocycles. The van der Waals surface area contributed by atoms with E-state index in [1.54, 1.807) is 12.1 Å². The van der Waals surface area contributed by atoms with Crippen LogP contribution in [0.3, 0.4) is 0 Å². The van der Waals surface area contributed by atoms with Crippen molar-refractivity contribution in [2.24, 2.45) is 0 Å². The molecule has 0 radical (unpaired) electrons. The quantitative estimate of drug-likeness (QED) is 0.896. The van der Waals surface area contributed by atoms with Crippen molar-refractivity contribution in [3.05, 3.63) is 64.2 Å². The summed E-state index contributed by atoms with van der Waals surface area (Å²) >= 11 is 5.77. The monoisotopic (exact) mass is 283 g/mol. The number of hydrogen-bond acceptors (Lipinski definition) is 2. The molecule has 0 aliphatic rings. The molecule has 2 nitrogen and oxygen atoms in total. The second kappa shape index (κ2) is 5.99. The van der Waals surface area contributed by atoms with E-state index >= 15 is 0 Å². The van der Waals surface area contributed by atoms with E-state index in [4.69, 9.17) is 16.7 Å². The molecular weight excluding hydrogens is 272 g/mol. The highest BCUT2D eigenvalue weighted by Crippen LogP contribution is 2.26. The first-order valence-corrected chi connectivity index (χ1v) is 6.05. The largest absolute Gasteiger partial charge is 0.392 e. The van der Waals surface area contributed by atoms with Crippen LogP contribution in [0.4, 0.5) is 14.5 Å². The molecule has 19 heavy (non-hydrogen) atoms. The van der Waals surface area contributed by atoms with Crippen LogP contribution in [0.2, 0.25) is 5.02 Å². The minimum absolute atomic E-state index is 0.00415. The van der Waals surface area contributed by atoms with Crippen LogP contribution in [0.5, 0.6) is 0 Å². The van der Waals surface area contributed by atoms with Gasteiger partial charge in [-0.2, -0.15) is 0 Å². The SMILES string of the molecule is OCc1ccc(CNc2c(F)cc(F)cc2Cl)cc1. The molecule has 0 saturated heterocycles. The summed E-state index contributed by atoms with van der Waals surface area (Å²) in [5, 5.41) is 11.7. The molecule has 2 rings (SSSR count). The van der Waals surface area contributed by atoms with Crippen molar-refractivity contribution < 1.29 is 13.9 Å². The van der Waals surface area contributed by atoms with Crippen molar-refractivity contribution in [1.29, 1.82) is 0 Å². The number of nitrogens with one attached hydrogen (secondary N) is 1. The van der Waals surface area contributed by atoms with Gasteiger partial charge < -0.3 is 10.4 Å². The van der Waals surface area contributed by atoms with E-state index in [-0.39, 0.29) is 17.3 Å². The van der Waals surface area contributed by atoms with Gasteiger partial charge in [0, 0.05) is 12.6 Å². The van der Waals surface area contributed by atoms with Crippen LogP contribution < -0.4 is 5.32 Å². The summed E-state index contributed by atoms with van der Waals surface area (Å²) in [5.41, 5.74) is 1.78. The van der Waals surface area contributed by atoms with Gasteiger partial charge in [-0.25, -0.2) is 8.78 Å². The Labute approximate surface area is 114 Å². The summed E-state index contributed by atoms with van der Waals surface area (Å²) in [6.45, 7) is 0.333. The first-order chi connectivity index (χ1) is 9.10. The second-order valence-corrected chi connectivity index (χ2v) is 4.48.